The summed E-state index contributed by atoms with van der Waals surface area (Å²) in [6.07, 6.45) is 0. The molecule has 0 aliphatic rings. The summed E-state index contributed by atoms with van der Waals surface area (Å²) < 4.78 is 0. The summed E-state index contributed by atoms with van der Waals surface area (Å²) in [7, 11) is 0. The maximum atomic E-state index is 7.23. The van der Waals surface area contributed by atoms with Crippen LogP contribution in [0.15, 0.2) is 0 Å². The van der Waals surface area contributed by atoms with E-state index in [9.17, 15) is 0 Å². The zero-order valence-corrected chi connectivity index (χ0v) is 7.61. The fourth-order valence-electron chi connectivity index (χ4n) is 0. The van der Waals surface area contributed by atoms with Crippen molar-refractivity contribution < 1.29 is 0 Å². The first-order chi connectivity index (χ1) is 3.25. The van der Waals surface area contributed by atoms with Gasteiger partial charge in [0, 0.05) is 5.16 Å². The summed E-state index contributed by atoms with van der Waals surface area (Å²) in [5.41, 5.74) is 0. The summed E-state index contributed by atoms with van der Waals surface area (Å²) in [6.45, 7) is 5.61. The quantitative estimate of drug-likeness (QED) is 0.539. The summed E-state index contributed by atoms with van der Waals surface area (Å²) in [6, 6.07) is 0. The molecule has 0 aliphatic heterocycles. The van der Waals surface area contributed by atoms with E-state index >= 15 is 0 Å². The Morgan fingerprint density at radius 1 is 1.25 bits per heavy atom. The van der Waals surface area contributed by atoms with E-state index in [-0.39, 0.29) is 5.16 Å². The molecule has 1 nitrogen and oxygen atoms in total. The van der Waals surface area contributed by atoms with Gasteiger partial charge in [0.15, 0.2) is 0 Å². The summed E-state index contributed by atoms with van der Waals surface area (Å²) in [5.74, 6) is -2.41. The van der Waals surface area contributed by atoms with Crippen LogP contribution in [-0.2, 0) is 0 Å². The number of hydrogen-bond donors (Lipinski definition) is 1. The third-order valence-corrected chi connectivity index (χ3v) is 5.57. The van der Waals surface area contributed by atoms with Crippen LogP contribution in [0.3, 0.4) is 0 Å². The van der Waals surface area contributed by atoms with Crippen LogP contribution in [0.2, 0.25) is 0 Å². The molecule has 0 spiro atoms. The fourth-order valence-corrected chi connectivity index (χ4v) is 0. The second-order valence-electron chi connectivity index (χ2n) is 2.68. The van der Waals surface area contributed by atoms with Crippen LogP contribution in [0.1, 0.15) is 20.8 Å². The molecule has 0 aromatic rings. The molecular formula is C4H10Cl2NP. The number of halogens is 2. The van der Waals surface area contributed by atoms with Gasteiger partial charge in [0.2, 0.25) is 0 Å². The zero-order chi connectivity index (χ0) is 7.00. The van der Waals surface area contributed by atoms with Gasteiger partial charge >= 0.3 is 0 Å². The Morgan fingerprint density at radius 2 is 1.38 bits per heavy atom. The van der Waals surface area contributed by atoms with Crippen molar-refractivity contribution in [2.75, 3.05) is 0 Å². The van der Waals surface area contributed by atoms with E-state index in [1.165, 1.54) is 0 Å². The monoisotopic (exact) mass is 173 g/mol. The molecule has 0 aromatic heterocycles. The zero-order valence-electron chi connectivity index (χ0n) is 5.20. The first kappa shape index (κ1) is 8.81. The van der Waals surface area contributed by atoms with Crippen molar-refractivity contribution in [2.24, 2.45) is 0 Å². The molecule has 1 N–H and O–H groups in total. The summed E-state index contributed by atoms with van der Waals surface area (Å²) >= 11 is 11.1. The van der Waals surface area contributed by atoms with E-state index in [0.717, 1.165) is 0 Å². The van der Waals surface area contributed by atoms with Crippen molar-refractivity contribution in [1.29, 1.82) is 5.16 Å². The molecule has 0 rings (SSSR count). The maximum Gasteiger partial charge on any atom is 0.139 e. The van der Waals surface area contributed by atoms with Crippen LogP contribution in [0.4, 0.5) is 0 Å². The van der Waals surface area contributed by atoms with Gasteiger partial charge < -0.3 is 0 Å². The topological polar surface area (TPSA) is 23.9 Å². The van der Waals surface area contributed by atoms with Gasteiger partial charge in [0.25, 0.3) is 0 Å². The van der Waals surface area contributed by atoms with Crippen LogP contribution >= 0.6 is 28.2 Å². The Kier molecular flexibility index (Phi) is 2.43. The third kappa shape index (κ3) is 2.39. The van der Waals surface area contributed by atoms with Crippen molar-refractivity contribution in [3.63, 3.8) is 0 Å². The number of hydrogen-bond acceptors (Lipinski definition) is 1. The van der Waals surface area contributed by atoms with Gasteiger partial charge in [-0.15, -0.1) is 0 Å². The van der Waals surface area contributed by atoms with Crippen molar-refractivity contribution in [3.05, 3.63) is 0 Å². The molecule has 0 atom stereocenters. The van der Waals surface area contributed by atoms with E-state index in [2.05, 4.69) is 0 Å². The fraction of sp³-hybridized carbons (Fsp3) is 1.00. The molecule has 0 heterocycles. The normalized spacial score (nSPS) is 14.1. The standard InChI is InChI=1S/C4H10Cl2NP/c1-4(2,3)8(5,6)7/h7H,1-3H3. The summed E-state index contributed by atoms with van der Waals surface area (Å²) in [4.78, 5) is 0. The van der Waals surface area contributed by atoms with Crippen molar-refractivity contribution in [1.82, 2.24) is 0 Å². The lowest BCUT2D eigenvalue weighted by atomic mass is 10.3. The van der Waals surface area contributed by atoms with Crippen LogP contribution in [0, 0.1) is 5.16 Å². The molecule has 0 aromatic carbocycles. The average molecular weight is 174 g/mol. The van der Waals surface area contributed by atoms with Crippen molar-refractivity contribution in [2.45, 2.75) is 25.9 Å². The second kappa shape index (κ2) is 2.21. The van der Waals surface area contributed by atoms with Gasteiger partial charge in [-0.2, -0.15) is 0 Å². The predicted molar refractivity (Wildman–Crippen MR) is 41.1 cm³/mol. The highest BCUT2D eigenvalue weighted by atomic mass is 35.9. The number of rotatable bonds is 0. The first-order valence-electron chi connectivity index (χ1n) is 2.29. The van der Waals surface area contributed by atoms with Gasteiger partial charge in [-0.05, 0) is 0 Å². The molecule has 0 radical (unpaired) electrons. The van der Waals surface area contributed by atoms with Gasteiger partial charge in [-0.3, -0.25) is 5.16 Å². The van der Waals surface area contributed by atoms with E-state index in [4.69, 9.17) is 27.6 Å². The lowest BCUT2D eigenvalue weighted by Gasteiger charge is -2.22. The molecule has 50 valence electrons. The second-order valence-corrected chi connectivity index (χ2v) is 8.62. The number of nitrogens with one attached hydrogen (secondary N) is 1. The molecule has 0 saturated carbocycles. The van der Waals surface area contributed by atoms with E-state index in [1.807, 2.05) is 20.8 Å². The van der Waals surface area contributed by atoms with Crippen LogP contribution < -0.4 is 0 Å². The molecule has 8 heavy (non-hydrogen) atoms. The third-order valence-electron chi connectivity index (χ3n) is 0.843. The molecular weight excluding hydrogens is 164 g/mol. The van der Waals surface area contributed by atoms with Gasteiger partial charge in [0.1, 0.15) is 5.76 Å². The molecule has 0 saturated heterocycles. The molecule has 0 bridgehead atoms. The molecule has 0 aliphatic carbocycles. The van der Waals surface area contributed by atoms with Crippen molar-refractivity contribution >= 4 is 28.2 Å². The minimum atomic E-state index is -2.41. The predicted octanol–water partition coefficient (Wildman–Crippen LogP) is 3.87. The van der Waals surface area contributed by atoms with E-state index < -0.39 is 5.76 Å². The highest BCUT2D eigenvalue weighted by Crippen LogP contribution is 2.67. The SMILES string of the molecule is CC(C)(C)P(=N)(Cl)Cl. The Labute approximate surface area is 59.8 Å². The van der Waals surface area contributed by atoms with Gasteiger partial charge in [-0.25, -0.2) is 0 Å². The summed E-state index contributed by atoms with van der Waals surface area (Å²) in [5, 5.41) is 6.97. The molecule has 0 unspecified atom stereocenters. The minimum Gasteiger partial charge on any atom is -0.289 e. The average Bonchev–Trinajstić information content (AvgIpc) is 1.25. The van der Waals surface area contributed by atoms with E-state index in [1.54, 1.807) is 0 Å². The first-order valence-corrected chi connectivity index (χ1v) is 5.88. The maximum absolute atomic E-state index is 7.23. The largest absolute Gasteiger partial charge is 0.289 e. The van der Waals surface area contributed by atoms with Crippen LogP contribution in [0.5, 0.6) is 0 Å². The Morgan fingerprint density at radius 3 is 1.38 bits per heavy atom. The van der Waals surface area contributed by atoms with Gasteiger partial charge in [-0.1, -0.05) is 43.3 Å². The molecule has 4 heteroatoms. The lowest BCUT2D eigenvalue weighted by Crippen LogP contribution is -2.07. The lowest BCUT2D eigenvalue weighted by molar-refractivity contribution is 0.790. The highest BCUT2D eigenvalue weighted by molar-refractivity contribution is 8.10. The van der Waals surface area contributed by atoms with Gasteiger partial charge in [0.05, 0.1) is 0 Å². The Hall–Kier alpha value is 0.810. The smallest absolute Gasteiger partial charge is 0.139 e. The Bertz CT molecular complexity index is 120. The van der Waals surface area contributed by atoms with E-state index in [0.29, 0.717) is 0 Å². The van der Waals surface area contributed by atoms with Crippen molar-refractivity contribution in [3.8, 4) is 0 Å². The minimum absolute atomic E-state index is 0.254. The molecule has 0 fully saturated rings. The highest BCUT2D eigenvalue weighted by Gasteiger charge is 2.26. The van der Waals surface area contributed by atoms with Crippen LogP contribution in [0.25, 0.3) is 0 Å². The van der Waals surface area contributed by atoms with Crippen LogP contribution in [-0.4, -0.2) is 5.16 Å². The Balaban J connectivity index is 4.26. The molecule has 0 amide bonds.